The normalized spacial score (nSPS) is 10.4. The van der Waals surface area contributed by atoms with E-state index >= 15 is 0 Å². The molecule has 2 heterocycles. The molecule has 60 valence electrons. The summed E-state index contributed by atoms with van der Waals surface area (Å²) in [5.74, 6) is 0. The highest BCUT2D eigenvalue weighted by Gasteiger charge is 2.00. The van der Waals surface area contributed by atoms with Crippen LogP contribution in [0.3, 0.4) is 0 Å². The van der Waals surface area contributed by atoms with Gasteiger partial charge >= 0.3 is 0 Å². The minimum Gasteiger partial charge on any atom is -0.397 e. The van der Waals surface area contributed by atoms with Crippen LogP contribution in [0.2, 0.25) is 0 Å². The second kappa shape index (κ2) is 2.71. The number of hydrogen-bond acceptors (Lipinski definition) is 3. The first-order valence-electron chi connectivity index (χ1n) is 3.44. The highest BCUT2D eigenvalue weighted by Crippen LogP contribution is 2.20. The van der Waals surface area contributed by atoms with Crippen LogP contribution < -0.4 is 5.73 Å². The molecule has 0 aromatic carbocycles. The average molecular weight is 224 g/mol. The van der Waals surface area contributed by atoms with Gasteiger partial charge in [0.15, 0.2) is 0 Å². The zero-order valence-corrected chi connectivity index (χ0v) is 7.75. The molecule has 2 aromatic heterocycles. The van der Waals surface area contributed by atoms with E-state index < -0.39 is 0 Å². The summed E-state index contributed by atoms with van der Waals surface area (Å²) < 4.78 is 0.737. The third-order valence-corrected chi connectivity index (χ3v) is 1.97. The Labute approximate surface area is 77.8 Å². The molecule has 2 aromatic rings. The van der Waals surface area contributed by atoms with Crippen LogP contribution in [0.25, 0.3) is 11.0 Å². The van der Waals surface area contributed by atoms with Crippen LogP contribution >= 0.6 is 15.9 Å². The number of hydrogen-bond donors (Lipinski definition) is 1. The third kappa shape index (κ3) is 1.14. The maximum absolute atomic E-state index is 5.72. The van der Waals surface area contributed by atoms with E-state index in [1.165, 1.54) is 0 Å². The van der Waals surface area contributed by atoms with Crippen LogP contribution in [0.15, 0.2) is 29.0 Å². The molecule has 2 N–H and O–H groups in total. The first-order valence-corrected chi connectivity index (χ1v) is 4.23. The maximum atomic E-state index is 5.72. The van der Waals surface area contributed by atoms with E-state index in [2.05, 4.69) is 25.9 Å². The summed E-state index contributed by atoms with van der Waals surface area (Å²) in [6, 6.07) is 5.46. The summed E-state index contributed by atoms with van der Waals surface area (Å²) in [6.07, 6.45) is 1.70. The Bertz CT molecular complexity index is 428. The van der Waals surface area contributed by atoms with E-state index in [4.69, 9.17) is 5.73 Å². The molecule has 0 radical (unpaired) electrons. The molecule has 0 aliphatic carbocycles. The van der Waals surface area contributed by atoms with Gasteiger partial charge in [0.2, 0.25) is 0 Å². The fourth-order valence-corrected chi connectivity index (χ4v) is 1.49. The van der Waals surface area contributed by atoms with Gasteiger partial charge < -0.3 is 5.73 Å². The molecule has 0 spiro atoms. The van der Waals surface area contributed by atoms with Gasteiger partial charge in [-0.05, 0) is 34.1 Å². The van der Waals surface area contributed by atoms with Crippen molar-refractivity contribution in [2.45, 2.75) is 0 Å². The van der Waals surface area contributed by atoms with Gasteiger partial charge in [-0.15, -0.1) is 0 Å². The molecular weight excluding hydrogens is 218 g/mol. The number of anilines is 1. The third-order valence-electron chi connectivity index (χ3n) is 1.56. The van der Waals surface area contributed by atoms with Gasteiger partial charge in [0.1, 0.15) is 10.1 Å². The summed E-state index contributed by atoms with van der Waals surface area (Å²) >= 11 is 3.26. The van der Waals surface area contributed by atoms with Gasteiger partial charge in [0.05, 0.1) is 11.2 Å². The second-order valence-corrected chi connectivity index (χ2v) is 3.22. The lowest BCUT2D eigenvalue weighted by atomic mass is 10.3. The smallest absolute Gasteiger partial charge is 0.112 e. The molecule has 0 amide bonds. The number of nitrogens with two attached hydrogens (primary N) is 1. The molecule has 0 saturated heterocycles. The van der Waals surface area contributed by atoms with Gasteiger partial charge in [-0.2, -0.15) is 0 Å². The summed E-state index contributed by atoms with van der Waals surface area (Å²) in [5.41, 5.74) is 7.93. The van der Waals surface area contributed by atoms with E-state index in [1.54, 1.807) is 12.3 Å². The standard InChI is InChI=1S/C8H6BrN3/c9-7-4-5(10)8-6(12-7)2-1-3-11-8/h1-4H,(H2,10,12). The lowest BCUT2D eigenvalue weighted by Crippen LogP contribution is -1.91. The van der Waals surface area contributed by atoms with Crippen molar-refractivity contribution in [2.75, 3.05) is 5.73 Å². The number of pyridine rings is 2. The van der Waals surface area contributed by atoms with Crippen molar-refractivity contribution in [3.63, 3.8) is 0 Å². The summed E-state index contributed by atoms with van der Waals surface area (Å²) in [6.45, 7) is 0. The fourth-order valence-electron chi connectivity index (χ4n) is 1.05. The Balaban J connectivity index is 2.89. The van der Waals surface area contributed by atoms with Gasteiger partial charge in [-0.1, -0.05) is 0 Å². The molecule has 2 rings (SSSR count). The highest BCUT2D eigenvalue weighted by molar-refractivity contribution is 9.10. The molecule has 12 heavy (non-hydrogen) atoms. The Morgan fingerprint density at radius 3 is 3.08 bits per heavy atom. The van der Waals surface area contributed by atoms with Gasteiger partial charge in [0.25, 0.3) is 0 Å². The molecule has 0 bridgehead atoms. The van der Waals surface area contributed by atoms with Crippen molar-refractivity contribution in [1.82, 2.24) is 9.97 Å². The van der Waals surface area contributed by atoms with Crippen LogP contribution in [-0.2, 0) is 0 Å². The summed E-state index contributed by atoms with van der Waals surface area (Å²) in [5, 5.41) is 0. The lowest BCUT2D eigenvalue weighted by molar-refractivity contribution is 1.31. The zero-order chi connectivity index (χ0) is 8.55. The zero-order valence-electron chi connectivity index (χ0n) is 6.16. The van der Waals surface area contributed by atoms with Crippen molar-refractivity contribution >= 4 is 32.7 Å². The maximum Gasteiger partial charge on any atom is 0.112 e. The van der Waals surface area contributed by atoms with E-state index in [0.717, 1.165) is 15.6 Å². The average Bonchev–Trinajstić information content (AvgIpc) is 2.04. The SMILES string of the molecule is Nc1cc(Br)nc2cccnc12. The van der Waals surface area contributed by atoms with E-state index in [-0.39, 0.29) is 0 Å². The first-order chi connectivity index (χ1) is 5.77. The van der Waals surface area contributed by atoms with Crippen LogP contribution in [0.4, 0.5) is 5.69 Å². The van der Waals surface area contributed by atoms with Crippen LogP contribution in [0.5, 0.6) is 0 Å². The van der Waals surface area contributed by atoms with Gasteiger partial charge in [-0.3, -0.25) is 4.98 Å². The predicted molar refractivity (Wildman–Crippen MR) is 51.7 cm³/mol. The van der Waals surface area contributed by atoms with E-state index in [1.807, 2.05) is 12.1 Å². The minimum absolute atomic E-state index is 0.646. The monoisotopic (exact) mass is 223 g/mol. The Morgan fingerprint density at radius 1 is 1.42 bits per heavy atom. The number of fused-ring (bicyclic) bond motifs is 1. The van der Waals surface area contributed by atoms with Crippen molar-refractivity contribution in [1.29, 1.82) is 0 Å². The van der Waals surface area contributed by atoms with Crippen molar-refractivity contribution in [2.24, 2.45) is 0 Å². The summed E-state index contributed by atoms with van der Waals surface area (Å²) in [4.78, 5) is 8.32. The topological polar surface area (TPSA) is 51.8 Å². The molecule has 4 heteroatoms. The molecule has 0 aliphatic heterocycles. The minimum atomic E-state index is 0.646. The number of rotatable bonds is 0. The number of nitrogens with zero attached hydrogens (tertiary/aromatic N) is 2. The molecular formula is C8H6BrN3. The first kappa shape index (κ1) is 7.49. The Kier molecular flexibility index (Phi) is 1.69. The number of nitrogen functional groups attached to an aromatic ring is 1. The van der Waals surface area contributed by atoms with Crippen LogP contribution in [-0.4, -0.2) is 9.97 Å². The molecule has 3 nitrogen and oxygen atoms in total. The van der Waals surface area contributed by atoms with Crippen LogP contribution in [0, 0.1) is 0 Å². The van der Waals surface area contributed by atoms with Crippen molar-refractivity contribution in [3.05, 3.63) is 29.0 Å². The Morgan fingerprint density at radius 2 is 2.25 bits per heavy atom. The lowest BCUT2D eigenvalue weighted by Gasteiger charge is -1.99. The number of halogens is 1. The molecule has 0 atom stereocenters. The van der Waals surface area contributed by atoms with Crippen molar-refractivity contribution < 1.29 is 0 Å². The van der Waals surface area contributed by atoms with Crippen LogP contribution in [0.1, 0.15) is 0 Å². The molecule has 0 fully saturated rings. The van der Waals surface area contributed by atoms with E-state index in [9.17, 15) is 0 Å². The largest absolute Gasteiger partial charge is 0.397 e. The quantitative estimate of drug-likeness (QED) is 0.696. The second-order valence-electron chi connectivity index (χ2n) is 2.41. The summed E-state index contributed by atoms with van der Waals surface area (Å²) in [7, 11) is 0. The number of aromatic nitrogens is 2. The van der Waals surface area contributed by atoms with Gasteiger partial charge in [0, 0.05) is 6.20 Å². The predicted octanol–water partition coefficient (Wildman–Crippen LogP) is 1.97. The van der Waals surface area contributed by atoms with E-state index in [0.29, 0.717) is 5.69 Å². The Hall–Kier alpha value is -1.16. The molecule has 0 aliphatic rings. The molecule has 0 saturated carbocycles. The highest BCUT2D eigenvalue weighted by atomic mass is 79.9. The molecule has 0 unspecified atom stereocenters. The fraction of sp³-hybridized carbons (Fsp3) is 0. The van der Waals surface area contributed by atoms with Gasteiger partial charge in [-0.25, -0.2) is 4.98 Å². The van der Waals surface area contributed by atoms with Crippen molar-refractivity contribution in [3.8, 4) is 0 Å².